The largest absolute Gasteiger partial charge is 0.346 e. The summed E-state index contributed by atoms with van der Waals surface area (Å²) in [6.45, 7) is -0.0899. The van der Waals surface area contributed by atoms with Crippen LogP contribution in [0.3, 0.4) is 0 Å². The Morgan fingerprint density at radius 1 is 0.935 bits per heavy atom. The number of carbonyl (C=O) groups is 2. The van der Waals surface area contributed by atoms with Crippen molar-refractivity contribution in [3.8, 4) is 0 Å². The number of aromatic nitrogens is 1. The molecule has 0 radical (unpaired) electrons. The lowest BCUT2D eigenvalue weighted by Gasteiger charge is -2.19. The average Bonchev–Trinajstić information content (AvgIpc) is 3.28. The molecule has 0 spiro atoms. The molecular formula is C25H27N3O2S. The van der Waals surface area contributed by atoms with Crippen LogP contribution in [0.25, 0.3) is 0 Å². The first-order valence-electron chi connectivity index (χ1n) is 10.8. The van der Waals surface area contributed by atoms with E-state index in [9.17, 15) is 9.59 Å². The maximum absolute atomic E-state index is 13.0. The van der Waals surface area contributed by atoms with Crippen LogP contribution in [0.15, 0.2) is 66.0 Å². The van der Waals surface area contributed by atoms with Crippen molar-refractivity contribution < 1.29 is 9.59 Å². The number of rotatable bonds is 7. The molecule has 1 aliphatic rings. The summed E-state index contributed by atoms with van der Waals surface area (Å²) in [5.74, 6) is -0.423. The fraction of sp³-hybridized carbons (Fsp3) is 0.320. The molecule has 1 aliphatic carbocycles. The third kappa shape index (κ3) is 5.58. The van der Waals surface area contributed by atoms with Crippen molar-refractivity contribution in [2.24, 2.45) is 0 Å². The van der Waals surface area contributed by atoms with Crippen LogP contribution >= 0.6 is 11.3 Å². The summed E-state index contributed by atoms with van der Waals surface area (Å²) >= 11 is 1.45. The van der Waals surface area contributed by atoms with Gasteiger partial charge in [-0.1, -0.05) is 79.9 Å². The summed E-state index contributed by atoms with van der Waals surface area (Å²) < 4.78 is 0. The van der Waals surface area contributed by atoms with E-state index in [0.29, 0.717) is 11.0 Å². The van der Waals surface area contributed by atoms with Crippen LogP contribution in [0.2, 0.25) is 0 Å². The van der Waals surface area contributed by atoms with Crippen molar-refractivity contribution in [3.63, 3.8) is 0 Å². The van der Waals surface area contributed by atoms with E-state index in [2.05, 4.69) is 15.6 Å². The molecule has 3 aromatic rings. The van der Waals surface area contributed by atoms with Crippen LogP contribution in [-0.4, -0.2) is 23.3 Å². The van der Waals surface area contributed by atoms with Gasteiger partial charge in [0.25, 0.3) is 0 Å². The van der Waals surface area contributed by atoms with Crippen molar-refractivity contribution in [1.82, 2.24) is 10.3 Å². The highest BCUT2D eigenvalue weighted by Gasteiger charge is 2.23. The molecule has 1 saturated carbocycles. The first kappa shape index (κ1) is 21.2. The molecule has 0 unspecified atom stereocenters. The van der Waals surface area contributed by atoms with E-state index in [-0.39, 0.29) is 18.4 Å². The Hall–Kier alpha value is -2.99. The summed E-state index contributed by atoms with van der Waals surface area (Å²) in [6.07, 6.45) is 6.15. The predicted molar refractivity (Wildman–Crippen MR) is 124 cm³/mol. The van der Waals surface area contributed by atoms with Crippen LogP contribution in [0.1, 0.15) is 60.8 Å². The Balaban J connectivity index is 1.36. The van der Waals surface area contributed by atoms with Gasteiger partial charge in [0, 0.05) is 11.3 Å². The van der Waals surface area contributed by atoms with E-state index in [1.807, 2.05) is 66.0 Å². The maximum atomic E-state index is 13.0. The minimum atomic E-state index is -0.465. The second kappa shape index (κ2) is 10.4. The topological polar surface area (TPSA) is 71.1 Å². The lowest BCUT2D eigenvalue weighted by Crippen LogP contribution is -2.36. The van der Waals surface area contributed by atoms with E-state index in [0.717, 1.165) is 16.8 Å². The number of anilines is 1. The van der Waals surface area contributed by atoms with Crippen molar-refractivity contribution in [1.29, 1.82) is 0 Å². The van der Waals surface area contributed by atoms with Gasteiger partial charge < -0.3 is 10.6 Å². The summed E-state index contributed by atoms with van der Waals surface area (Å²) in [5, 5.41) is 8.27. The zero-order valence-corrected chi connectivity index (χ0v) is 18.2. The highest BCUT2D eigenvalue weighted by molar-refractivity contribution is 7.13. The number of amides is 2. The van der Waals surface area contributed by atoms with Crippen molar-refractivity contribution in [2.45, 2.75) is 43.9 Å². The van der Waals surface area contributed by atoms with Gasteiger partial charge in [0.05, 0.1) is 18.2 Å². The molecule has 160 valence electrons. The first-order chi connectivity index (χ1) is 15.2. The molecule has 1 heterocycles. The monoisotopic (exact) mass is 433 g/mol. The van der Waals surface area contributed by atoms with E-state index in [1.165, 1.54) is 43.4 Å². The second-order valence-corrected chi connectivity index (χ2v) is 8.79. The maximum Gasteiger partial charge on any atom is 0.245 e. The number of nitrogens with one attached hydrogen (secondary N) is 2. The van der Waals surface area contributed by atoms with Gasteiger partial charge in [-0.25, -0.2) is 4.98 Å². The van der Waals surface area contributed by atoms with Gasteiger partial charge in [0.1, 0.15) is 0 Å². The van der Waals surface area contributed by atoms with Gasteiger partial charge in [0.15, 0.2) is 5.13 Å². The Morgan fingerprint density at radius 2 is 1.55 bits per heavy atom. The van der Waals surface area contributed by atoms with Crippen LogP contribution in [0.5, 0.6) is 0 Å². The molecule has 2 amide bonds. The Labute approximate surface area is 186 Å². The minimum Gasteiger partial charge on any atom is -0.346 e. The first-order valence-corrected chi connectivity index (χ1v) is 11.7. The molecule has 6 heteroatoms. The van der Waals surface area contributed by atoms with Gasteiger partial charge in [-0.2, -0.15) is 0 Å². The highest BCUT2D eigenvalue weighted by atomic mass is 32.1. The SMILES string of the molecule is O=C(CNC(=O)C(c1ccccc1)c1ccccc1)Nc1nc(C2CCCCC2)cs1. The van der Waals surface area contributed by atoms with Gasteiger partial charge in [-0.3, -0.25) is 9.59 Å². The minimum absolute atomic E-state index is 0.0899. The summed E-state index contributed by atoms with van der Waals surface area (Å²) in [4.78, 5) is 30.1. The fourth-order valence-electron chi connectivity index (χ4n) is 4.15. The van der Waals surface area contributed by atoms with Crippen LogP contribution < -0.4 is 10.6 Å². The van der Waals surface area contributed by atoms with Crippen molar-refractivity contribution in [2.75, 3.05) is 11.9 Å². The fourth-order valence-corrected chi connectivity index (χ4v) is 4.96. The van der Waals surface area contributed by atoms with Crippen LogP contribution in [0.4, 0.5) is 5.13 Å². The Kier molecular flexibility index (Phi) is 7.10. The molecule has 5 nitrogen and oxygen atoms in total. The lowest BCUT2D eigenvalue weighted by molar-refractivity contribution is -0.124. The van der Waals surface area contributed by atoms with Gasteiger partial charge in [0.2, 0.25) is 11.8 Å². The smallest absolute Gasteiger partial charge is 0.245 e. The number of hydrogen-bond donors (Lipinski definition) is 2. The molecule has 1 fully saturated rings. The summed E-state index contributed by atoms with van der Waals surface area (Å²) in [6, 6.07) is 19.2. The van der Waals surface area contributed by atoms with Crippen LogP contribution in [0, 0.1) is 0 Å². The number of thiazole rings is 1. The number of benzene rings is 2. The van der Waals surface area contributed by atoms with Gasteiger partial charge in [-0.05, 0) is 24.0 Å². The molecule has 0 aliphatic heterocycles. The van der Waals surface area contributed by atoms with E-state index < -0.39 is 5.92 Å². The molecule has 0 atom stereocenters. The second-order valence-electron chi connectivity index (χ2n) is 7.93. The van der Waals surface area contributed by atoms with E-state index >= 15 is 0 Å². The lowest BCUT2D eigenvalue weighted by atomic mass is 9.87. The van der Waals surface area contributed by atoms with Crippen LogP contribution in [-0.2, 0) is 9.59 Å². The van der Waals surface area contributed by atoms with Gasteiger partial charge >= 0.3 is 0 Å². The van der Waals surface area contributed by atoms with Crippen molar-refractivity contribution >= 4 is 28.3 Å². The average molecular weight is 434 g/mol. The van der Waals surface area contributed by atoms with Gasteiger partial charge in [-0.15, -0.1) is 11.3 Å². The van der Waals surface area contributed by atoms with E-state index in [4.69, 9.17) is 0 Å². The number of carbonyl (C=O) groups excluding carboxylic acids is 2. The van der Waals surface area contributed by atoms with Crippen molar-refractivity contribution in [3.05, 3.63) is 82.9 Å². The molecule has 1 aromatic heterocycles. The molecule has 2 aromatic carbocycles. The molecule has 31 heavy (non-hydrogen) atoms. The molecule has 2 N–H and O–H groups in total. The highest BCUT2D eigenvalue weighted by Crippen LogP contribution is 2.34. The zero-order valence-electron chi connectivity index (χ0n) is 17.4. The standard InChI is InChI=1S/C25H27N3O2S/c29-22(28-25-27-21(17-31-25)18-10-4-1-5-11-18)16-26-24(30)23(19-12-6-2-7-13-19)20-14-8-3-9-15-20/h2-3,6-9,12-15,17-18,23H,1,4-5,10-11,16H2,(H,26,30)(H,27,28,29). The quantitative estimate of drug-likeness (QED) is 0.546. The zero-order chi connectivity index (χ0) is 21.5. The Bertz CT molecular complexity index is 958. The van der Waals surface area contributed by atoms with E-state index in [1.54, 1.807) is 0 Å². The number of nitrogens with zero attached hydrogens (tertiary/aromatic N) is 1. The Morgan fingerprint density at radius 3 is 2.16 bits per heavy atom. The number of hydrogen-bond acceptors (Lipinski definition) is 4. The molecule has 0 saturated heterocycles. The molecule has 0 bridgehead atoms. The third-order valence-electron chi connectivity index (χ3n) is 5.74. The molecule has 4 rings (SSSR count). The molecular weight excluding hydrogens is 406 g/mol. The summed E-state index contributed by atoms with van der Waals surface area (Å²) in [5.41, 5.74) is 2.87. The predicted octanol–water partition coefficient (Wildman–Crippen LogP) is 5.08. The normalized spacial score (nSPS) is 14.4. The third-order valence-corrected chi connectivity index (χ3v) is 6.52. The summed E-state index contributed by atoms with van der Waals surface area (Å²) in [7, 11) is 0.